The van der Waals surface area contributed by atoms with Crippen LogP contribution in [-0.4, -0.2) is 0 Å². The Balaban J connectivity index is 0.000000446. The van der Waals surface area contributed by atoms with Crippen molar-refractivity contribution in [2.45, 2.75) is 0 Å². The minimum absolute atomic E-state index is 0.556. The van der Waals surface area contributed by atoms with Crippen molar-refractivity contribution in [3.05, 3.63) is 90.3 Å². The second-order valence-corrected chi connectivity index (χ2v) is 7.52. The Labute approximate surface area is 147 Å². The van der Waals surface area contributed by atoms with E-state index in [0.29, 0.717) is 0 Å². The average molecular weight is 360 g/mol. The maximum atomic E-state index is 4.89. The molecule has 0 nitrogen and oxygen atoms in total. The van der Waals surface area contributed by atoms with Crippen LogP contribution in [0.3, 0.4) is 0 Å². The molecule has 3 aromatic carbocycles. The van der Waals surface area contributed by atoms with Gasteiger partial charge in [0.1, 0.15) is 0 Å². The molecule has 22 heavy (non-hydrogen) atoms. The number of benzene rings is 3. The molecule has 0 atom stereocenters. The number of fused-ring (bicyclic) bond motifs is 3. The quantitative estimate of drug-likeness (QED) is 0.349. The topological polar surface area (TPSA) is 0 Å². The number of rotatable bonds is 1. The minimum atomic E-state index is -0.556. The number of hydrogen-bond acceptors (Lipinski definition) is 0. The van der Waals surface area contributed by atoms with Crippen molar-refractivity contribution in [2.24, 2.45) is 0 Å². The summed E-state index contributed by atoms with van der Waals surface area (Å²) in [5.41, 5.74) is 7.95. The molecule has 0 spiro atoms. The molecule has 0 aliphatic heterocycles. The summed E-state index contributed by atoms with van der Waals surface area (Å²) in [6, 6.07) is 25.8. The van der Waals surface area contributed by atoms with Crippen molar-refractivity contribution >= 4 is 18.6 Å². The Kier molecular flexibility index (Phi) is 5.39. The van der Waals surface area contributed by atoms with Gasteiger partial charge in [0.25, 0.3) is 0 Å². The third-order valence-electron chi connectivity index (χ3n) is 3.72. The summed E-state index contributed by atoms with van der Waals surface area (Å²) in [5.74, 6) is 0. The van der Waals surface area contributed by atoms with Crippen molar-refractivity contribution in [1.29, 1.82) is 0 Å². The van der Waals surface area contributed by atoms with Crippen LogP contribution in [0.25, 0.3) is 22.3 Å². The standard InChI is InChI=1S/C19H13.2ClH.Ti/c1-2-7-14(8-3-1)17-12-6-10-16-13-15-9-4-5-11-18(15)19(16)17;;;/h1-13H;2*1H;/q;;;+2/p-2. The third-order valence-corrected chi connectivity index (χ3v) is 3.72. The van der Waals surface area contributed by atoms with E-state index in [-0.39, 0.29) is 0 Å². The molecule has 0 bridgehead atoms. The first kappa shape index (κ1) is 15.8. The number of hydrogen-bond donors (Lipinski definition) is 0. The van der Waals surface area contributed by atoms with Gasteiger partial charge in [0.2, 0.25) is 0 Å². The van der Waals surface area contributed by atoms with E-state index in [0.717, 1.165) is 0 Å². The average Bonchev–Trinajstić information content (AvgIpc) is 2.95. The van der Waals surface area contributed by atoms with Gasteiger partial charge >= 0.3 is 35.6 Å². The van der Waals surface area contributed by atoms with Crippen molar-refractivity contribution in [3.63, 3.8) is 0 Å². The first-order valence-corrected chi connectivity index (χ1v) is 11.2. The van der Waals surface area contributed by atoms with Gasteiger partial charge in [0.15, 0.2) is 0 Å². The van der Waals surface area contributed by atoms with Crippen molar-refractivity contribution in [2.75, 3.05) is 0 Å². The molecule has 1 aliphatic rings. The molecular formula is C19H13Cl2Ti. The zero-order valence-corrected chi connectivity index (χ0v) is 14.8. The van der Waals surface area contributed by atoms with Gasteiger partial charge in [0, 0.05) is 6.42 Å². The van der Waals surface area contributed by atoms with E-state index in [1.165, 1.54) is 33.4 Å². The molecule has 0 saturated heterocycles. The van der Waals surface area contributed by atoms with Crippen LogP contribution in [0.4, 0.5) is 0 Å². The van der Waals surface area contributed by atoms with Crippen molar-refractivity contribution < 1.29 is 17.0 Å². The number of halogens is 2. The molecule has 107 valence electrons. The first-order valence-electron chi connectivity index (χ1n) is 6.94. The maximum absolute atomic E-state index is 4.89. The molecule has 1 radical (unpaired) electrons. The summed E-state index contributed by atoms with van der Waals surface area (Å²) in [5, 5.41) is 0. The van der Waals surface area contributed by atoms with E-state index in [1.54, 1.807) is 0 Å². The van der Waals surface area contributed by atoms with Crippen LogP contribution in [0, 0.1) is 6.42 Å². The van der Waals surface area contributed by atoms with E-state index in [9.17, 15) is 0 Å². The molecule has 4 rings (SSSR count). The van der Waals surface area contributed by atoms with Crippen LogP contribution < -0.4 is 0 Å². The Hall–Kier alpha value is -1.05. The van der Waals surface area contributed by atoms with Crippen molar-refractivity contribution in [3.8, 4) is 22.3 Å². The predicted molar refractivity (Wildman–Crippen MR) is 91.5 cm³/mol. The van der Waals surface area contributed by atoms with Crippen LogP contribution in [-0.2, 0) is 17.0 Å². The van der Waals surface area contributed by atoms with Crippen molar-refractivity contribution in [1.82, 2.24) is 0 Å². The molecule has 0 heterocycles. The SMILES string of the molecule is [CH]1c2ccccc2-c2c1cccc2-c1ccccc1.[Cl][Ti][Cl]. The van der Waals surface area contributed by atoms with Gasteiger partial charge in [-0.1, -0.05) is 72.8 Å². The van der Waals surface area contributed by atoms with Gasteiger partial charge in [-0.3, -0.25) is 0 Å². The Morgan fingerprint density at radius 2 is 1.18 bits per heavy atom. The molecule has 0 saturated carbocycles. The molecule has 0 fully saturated rings. The van der Waals surface area contributed by atoms with Crippen LogP contribution >= 0.6 is 18.6 Å². The monoisotopic (exact) mass is 359 g/mol. The van der Waals surface area contributed by atoms with Crippen LogP contribution in [0.5, 0.6) is 0 Å². The summed E-state index contributed by atoms with van der Waals surface area (Å²) < 4.78 is 0. The molecule has 0 amide bonds. The summed E-state index contributed by atoms with van der Waals surface area (Å²) in [7, 11) is 9.78. The molecule has 0 N–H and O–H groups in total. The molecular weight excluding hydrogens is 347 g/mol. The Morgan fingerprint density at radius 1 is 0.591 bits per heavy atom. The van der Waals surface area contributed by atoms with Gasteiger partial charge in [-0.25, -0.2) is 0 Å². The second kappa shape index (κ2) is 7.48. The Bertz CT molecular complexity index is 769. The van der Waals surface area contributed by atoms with E-state index in [4.69, 9.17) is 18.6 Å². The fourth-order valence-electron chi connectivity index (χ4n) is 2.87. The third kappa shape index (κ3) is 3.16. The fourth-order valence-corrected chi connectivity index (χ4v) is 2.87. The second-order valence-electron chi connectivity index (χ2n) is 4.94. The molecule has 3 aromatic rings. The van der Waals surface area contributed by atoms with E-state index >= 15 is 0 Å². The normalized spacial score (nSPS) is 11.0. The summed E-state index contributed by atoms with van der Waals surface area (Å²) in [4.78, 5) is 0. The van der Waals surface area contributed by atoms with Gasteiger partial charge in [-0.15, -0.1) is 0 Å². The van der Waals surface area contributed by atoms with Crippen LogP contribution in [0.1, 0.15) is 11.1 Å². The van der Waals surface area contributed by atoms with E-state index in [1.807, 2.05) is 0 Å². The van der Waals surface area contributed by atoms with Crippen LogP contribution in [0.15, 0.2) is 72.8 Å². The Morgan fingerprint density at radius 3 is 1.95 bits per heavy atom. The van der Waals surface area contributed by atoms with Gasteiger partial charge in [-0.05, 0) is 33.4 Å². The summed E-state index contributed by atoms with van der Waals surface area (Å²) in [6.45, 7) is 0. The molecule has 1 aliphatic carbocycles. The van der Waals surface area contributed by atoms with Crippen LogP contribution in [0.2, 0.25) is 0 Å². The molecule has 0 unspecified atom stereocenters. The molecule has 0 aromatic heterocycles. The van der Waals surface area contributed by atoms with Gasteiger partial charge in [0.05, 0.1) is 0 Å². The van der Waals surface area contributed by atoms with Gasteiger partial charge < -0.3 is 0 Å². The summed E-state index contributed by atoms with van der Waals surface area (Å²) >= 11 is -0.556. The predicted octanol–water partition coefficient (Wildman–Crippen LogP) is 6.31. The first-order chi connectivity index (χ1) is 10.8. The zero-order valence-electron chi connectivity index (χ0n) is 11.8. The zero-order chi connectivity index (χ0) is 15.4. The van der Waals surface area contributed by atoms with Gasteiger partial charge in [-0.2, -0.15) is 0 Å². The van der Waals surface area contributed by atoms with E-state index < -0.39 is 17.0 Å². The van der Waals surface area contributed by atoms with E-state index in [2.05, 4.69) is 79.2 Å². The molecule has 3 heteroatoms. The fraction of sp³-hybridized carbons (Fsp3) is 0. The summed E-state index contributed by atoms with van der Waals surface area (Å²) in [6.07, 6.45) is 2.27.